The summed E-state index contributed by atoms with van der Waals surface area (Å²) in [6, 6.07) is 0. The molecule has 1 N–H and O–H groups in total. The molecule has 34 heavy (non-hydrogen) atoms. The fourth-order valence-electron chi connectivity index (χ4n) is 10.3. The molecule has 190 valence electrons. The number of carbonyl (C=O) groups excluding carboxylic acids is 1. The maximum Gasteiger partial charge on any atom is 0.158 e. The molecule has 10 atom stereocenters. The molecule has 4 heteroatoms. The molecule has 3 saturated carbocycles. The van der Waals surface area contributed by atoms with Crippen molar-refractivity contribution in [3.05, 3.63) is 11.6 Å². The zero-order chi connectivity index (χ0) is 24.5. The number of fused-ring (bicyclic) bond motifs is 5. The predicted molar refractivity (Wildman–Crippen MR) is 132 cm³/mol. The third-order valence-corrected chi connectivity index (χ3v) is 12.7. The Morgan fingerprint density at radius 2 is 1.71 bits per heavy atom. The molecule has 0 amide bonds. The first-order chi connectivity index (χ1) is 15.8. The highest BCUT2D eigenvalue weighted by atomic mass is 16.7. The Morgan fingerprint density at radius 1 is 1.00 bits per heavy atom. The van der Waals surface area contributed by atoms with Gasteiger partial charge in [0.15, 0.2) is 6.29 Å². The molecule has 0 unspecified atom stereocenters. The maximum absolute atomic E-state index is 12.8. The molecule has 6 aliphatic rings. The Labute approximate surface area is 206 Å². The molecule has 0 aromatic rings. The fourth-order valence-corrected chi connectivity index (χ4v) is 10.3. The first-order valence-corrected chi connectivity index (χ1v) is 14.0. The van der Waals surface area contributed by atoms with Crippen LogP contribution in [0.3, 0.4) is 0 Å². The number of allylic oxidation sites excluding steroid dienone is 2. The van der Waals surface area contributed by atoms with Crippen molar-refractivity contribution in [3.63, 3.8) is 0 Å². The SMILES string of the molecule is CC1(C)O[C@@H]1[C@H]1C[C@@H]([C@@H]2CC[C@]3(C)C4=CC[C@H]5C(C)(C)C(=O)CC[C@]5(C)[C@H]4CC[C@@]23C)[C@H](O)O1. The van der Waals surface area contributed by atoms with E-state index in [1.165, 1.54) is 25.7 Å². The van der Waals surface area contributed by atoms with Gasteiger partial charge in [0.2, 0.25) is 0 Å². The Morgan fingerprint density at radius 3 is 2.38 bits per heavy atom. The van der Waals surface area contributed by atoms with Crippen LogP contribution in [-0.4, -0.2) is 35.0 Å². The van der Waals surface area contributed by atoms with Crippen LogP contribution in [-0.2, 0) is 14.3 Å². The molecule has 2 aliphatic heterocycles. The molecule has 4 nitrogen and oxygen atoms in total. The first-order valence-electron chi connectivity index (χ1n) is 14.0. The van der Waals surface area contributed by atoms with Crippen molar-refractivity contribution in [1.29, 1.82) is 0 Å². The predicted octanol–water partition coefficient (Wildman–Crippen LogP) is 6.06. The number of aliphatic hydroxyl groups is 1. The van der Waals surface area contributed by atoms with Crippen LogP contribution in [0.15, 0.2) is 11.6 Å². The monoisotopic (exact) mass is 470 g/mol. The lowest BCUT2D eigenvalue weighted by Crippen LogP contribution is -2.57. The van der Waals surface area contributed by atoms with Gasteiger partial charge in [0.1, 0.15) is 11.9 Å². The largest absolute Gasteiger partial charge is 0.368 e. The van der Waals surface area contributed by atoms with Crippen LogP contribution in [0.5, 0.6) is 0 Å². The van der Waals surface area contributed by atoms with E-state index in [0.29, 0.717) is 23.5 Å². The number of carbonyl (C=O) groups is 1. The van der Waals surface area contributed by atoms with Crippen LogP contribution < -0.4 is 0 Å². The summed E-state index contributed by atoms with van der Waals surface area (Å²) in [4.78, 5) is 12.8. The number of epoxide rings is 1. The van der Waals surface area contributed by atoms with Gasteiger partial charge in [-0.25, -0.2) is 0 Å². The summed E-state index contributed by atoms with van der Waals surface area (Å²) in [5, 5.41) is 11.0. The lowest BCUT2D eigenvalue weighted by Gasteiger charge is -2.63. The molecule has 0 aromatic heterocycles. The van der Waals surface area contributed by atoms with Crippen LogP contribution in [0.4, 0.5) is 0 Å². The van der Waals surface area contributed by atoms with Gasteiger partial charge >= 0.3 is 0 Å². The Balaban J connectivity index is 1.30. The summed E-state index contributed by atoms with van der Waals surface area (Å²) in [6.07, 6.45) is 10.6. The number of hydrogen-bond donors (Lipinski definition) is 1. The van der Waals surface area contributed by atoms with Gasteiger partial charge in [0.25, 0.3) is 0 Å². The van der Waals surface area contributed by atoms with Crippen LogP contribution in [0.25, 0.3) is 0 Å². The normalized spacial score (nSPS) is 55.2. The van der Waals surface area contributed by atoms with E-state index in [-0.39, 0.29) is 45.4 Å². The average Bonchev–Trinajstić information content (AvgIpc) is 3.08. The van der Waals surface area contributed by atoms with Crippen molar-refractivity contribution in [3.8, 4) is 0 Å². The second-order valence-corrected chi connectivity index (χ2v) is 14.7. The van der Waals surface area contributed by atoms with Gasteiger partial charge in [0.05, 0.1) is 11.7 Å². The summed E-state index contributed by atoms with van der Waals surface area (Å²) in [5.41, 5.74) is 1.95. The van der Waals surface area contributed by atoms with E-state index in [1.807, 2.05) is 0 Å². The smallest absolute Gasteiger partial charge is 0.158 e. The third kappa shape index (κ3) is 2.85. The summed E-state index contributed by atoms with van der Waals surface area (Å²) in [5.74, 6) is 2.19. The number of hydrogen-bond acceptors (Lipinski definition) is 4. The van der Waals surface area contributed by atoms with E-state index in [4.69, 9.17) is 9.47 Å². The molecular formula is C30H46O4. The van der Waals surface area contributed by atoms with Crippen molar-refractivity contribution in [2.45, 2.75) is 124 Å². The highest BCUT2D eigenvalue weighted by Crippen LogP contribution is 2.73. The van der Waals surface area contributed by atoms with Crippen molar-refractivity contribution in [2.75, 3.05) is 0 Å². The van der Waals surface area contributed by atoms with E-state index in [9.17, 15) is 9.90 Å². The first kappa shape index (κ1) is 23.7. The van der Waals surface area contributed by atoms with E-state index in [1.54, 1.807) is 5.57 Å². The van der Waals surface area contributed by atoms with E-state index >= 15 is 0 Å². The van der Waals surface area contributed by atoms with Gasteiger partial charge in [0, 0.05) is 17.8 Å². The average molecular weight is 471 g/mol. The van der Waals surface area contributed by atoms with E-state index in [2.05, 4.69) is 54.5 Å². The van der Waals surface area contributed by atoms with E-state index < -0.39 is 6.29 Å². The van der Waals surface area contributed by atoms with E-state index in [0.717, 1.165) is 25.7 Å². The Bertz CT molecular complexity index is 934. The molecule has 0 spiro atoms. The minimum absolute atomic E-state index is 0.0253. The van der Waals surface area contributed by atoms with Gasteiger partial charge in [-0.05, 0) is 92.8 Å². The number of rotatable bonds is 2. The topological polar surface area (TPSA) is 59.1 Å². The van der Waals surface area contributed by atoms with Crippen molar-refractivity contribution < 1.29 is 19.4 Å². The zero-order valence-electron chi connectivity index (χ0n) is 22.4. The molecule has 0 bridgehead atoms. The molecule has 5 fully saturated rings. The third-order valence-electron chi connectivity index (χ3n) is 12.7. The highest BCUT2D eigenvalue weighted by Gasteiger charge is 2.67. The van der Waals surface area contributed by atoms with Crippen molar-refractivity contribution in [1.82, 2.24) is 0 Å². The summed E-state index contributed by atoms with van der Waals surface area (Å²) in [7, 11) is 0. The van der Waals surface area contributed by atoms with Crippen LogP contribution >= 0.6 is 0 Å². The minimum Gasteiger partial charge on any atom is -0.368 e. The summed E-state index contributed by atoms with van der Waals surface area (Å²) < 4.78 is 12.0. The molecule has 6 rings (SSSR count). The standard InChI is InChI=1S/C30H46O4/c1-26(2)22-9-8-20-19(28(22,5)13-12-23(26)31)11-15-29(6)18(10-14-30(20,29)7)17-16-21(33-25(17)32)24-27(3,4)34-24/h8,17-19,21-22,24-25,32H,9-16H2,1-7H3/t17-,18-,19-,21+,22-,24+,25+,28+,29-,30+/m0/s1. The van der Waals surface area contributed by atoms with Gasteiger partial charge in [-0.15, -0.1) is 0 Å². The number of aliphatic hydroxyl groups excluding tert-OH is 1. The van der Waals surface area contributed by atoms with Gasteiger partial charge in [-0.2, -0.15) is 0 Å². The molecule has 2 saturated heterocycles. The molecular weight excluding hydrogens is 424 g/mol. The summed E-state index contributed by atoms with van der Waals surface area (Å²) in [6.45, 7) is 16.2. The molecule has 4 aliphatic carbocycles. The second-order valence-electron chi connectivity index (χ2n) is 14.7. The molecule has 0 radical (unpaired) electrons. The Hall–Kier alpha value is -0.710. The molecule has 2 heterocycles. The van der Waals surface area contributed by atoms with Crippen LogP contribution in [0, 0.1) is 45.3 Å². The zero-order valence-corrected chi connectivity index (χ0v) is 22.4. The quantitative estimate of drug-likeness (QED) is 0.393. The van der Waals surface area contributed by atoms with Crippen molar-refractivity contribution >= 4 is 5.78 Å². The van der Waals surface area contributed by atoms with Crippen LogP contribution in [0.2, 0.25) is 0 Å². The van der Waals surface area contributed by atoms with Crippen molar-refractivity contribution in [2.24, 2.45) is 45.3 Å². The lowest BCUT2D eigenvalue weighted by molar-refractivity contribution is -0.147. The number of ether oxygens (including phenoxy) is 2. The lowest BCUT2D eigenvalue weighted by atomic mass is 9.41. The fraction of sp³-hybridized carbons (Fsp3) is 0.900. The minimum atomic E-state index is -0.667. The second kappa shape index (κ2) is 6.98. The van der Waals surface area contributed by atoms with Crippen LogP contribution in [0.1, 0.15) is 99.8 Å². The van der Waals surface area contributed by atoms with Gasteiger partial charge in [-0.3, -0.25) is 4.79 Å². The van der Waals surface area contributed by atoms with Gasteiger partial charge < -0.3 is 14.6 Å². The number of ketones is 1. The number of Topliss-reactive ketones (excluding diaryl/α,β-unsaturated/α-hetero) is 1. The summed E-state index contributed by atoms with van der Waals surface area (Å²) >= 11 is 0. The van der Waals surface area contributed by atoms with Gasteiger partial charge in [-0.1, -0.05) is 46.3 Å². The Kier molecular flexibility index (Phi) is 4.86. The highest BCUT2D eigenvalue weighted by molar-refractivity contribution is 5.85. The maximum atomic E-state index is 12.8. The molecule has 0 aromatic carbocycles.